The molecule has 0 radical (unpaired) electrons. The maximum atomic E-state index is 15.2. The summed E-state index contributed by atoms with van der Waals surface area (Å²) in [6.45, 7) is 9.41. The molecule has 10 nitrogen and oxygen atoms in total. The summed E-state index contributed by atoms with van der Waals surface area (Å²) in [7, 11) is 5.53. The molecule has 1 aromatic carbocycles. The first kappa shape index (κ1) is 30.3. The summed E-state index contributed by atoms with van der Waals surface area (Å²) >= 11 is 0. The molecule has 214 valence electrons. The third-order valence-corrected chi connectivity index (χ3v) is 6.04. The Morgan fingerprint density at radius 1 is 1.26 bits per heavy atom. The van der Waals surface area contributed by atoms with Crippen LogP contribution < -0.4 is 20.3 Å². The summed E-state index contributed by atoms with van der Waals surface area (Å²) in [5, 5.41) is 0. The van der Waals surface area contributed by atoms with Gasteiger partial charge in [-0.1, -0.05) is 6.92 Å². The number of methoxy groups -OCH3 is 1. The molecule has 2 N–H and O–H groups in total. The Balaban J connectivity index is 2.07. The first-order chi connectivity index (χ1) is 18.5. The summed E-state index contributed by atoms with van der Waals surface area (Å²) in [4.78, 5) is 26.3. The Morgan fingerprint density at radius 3 is 2.69 bits per heavy atom. The van der Waals surface area contributed by atoms with Crippen molar-refractivity contribution in [1.29, 1.82) is 0 Å². The molecule has 0 spiro atoms. The molecule has 0 atom stereocenters. The van der Waals surface area contributed by atoms with Gasteiger partial charge in [0.15, 0.2) is 0 Å². The predicted molar refractivity (Wildman–Crippen MR) is 149 cm³/mol. The number of carbonyl (C=O) groups excluding carboxylic acids is 1. The zero-order valence-electron chi connectivity index (χ0n) is 24.1. The van der Waals surface area contributed by atoms with Gasteiger partial charge in [-0.15, -0.1) is 0 Å². The van der Waals surface area contributed by atoms with Crippen LogP contribution >= 0.6 is 0 Å². The van der Waals surface area contributed by atoms with Crippen molar-refractivity contribution in [2.45, 2.75) is 52.7 Å². The van der Waals surface area contributed by atoms with E-state index in [9.17, 15) is 4.79 Å². The second-order valence-electron chi connectivity index (χ2n) is 10.5. The molecule has 1 aliphatic heterocycles. The number of nitrogens with zero attached hydrogens (tertiary/aromatic N) is 4. The van der Waals surface area contributed by atoms with Gasteiger partial charge in [-0.05, 0) is 59.0 Å². The fourth-order valence-electron chi connectivity index (χ4n) is 4.12. The third-order valence-electron chi connectivity index (χ3n) is 6.04. The number of aliphatic imine (C=N–C) groups is 1. The van der Waals surface area contributed by atoms with Crippen molar-refractivity contribution >= 4 is 11.9 Å². The van der Waals surface area contributed by atoms with Crippen LogP contribution in [0.5, 0.6) is 11.6 Å². The van der Waals surface area contributed by atoms with Crippen LogP contribution in [0, 0.1) is 5.82 Å². The van der Waals surface area contributed by atoms with E-state index in [1.807, 2.05) is 27.1 Å². The zero-order valence-corrected chi connectivity index (χ0v) is 24.1. The van der Waals surface area contributed by atoms with Crippen LogP contribution in [-0.4, -0.2) is 79.9 Å². The predicted octanol–water partition coefficient (Wildman–Crippen LogP) is 3.52. The van der Waals surface area contributed by atoms with E-state index >= 15 is 4.39 Å². The Morgan fingerprint density at radius 2 is 2.03 bits per heavy atom. The molecule has 0 unspecified atom stereocenters. The number of pyridine rings is 1. The van der Waals surface area contributed by atoms with Crippen molar-refractivity contribution in [2.75, 3.05) is 47.6 Å². The van der Waals surface area contributed by atoms with Gasteiger partial charge in [-0.3, -0.25) is 15.3 Å². The van der Waals surface area contributed by atoms with Gasteiger partial charge in [0.05, 0.1) is 20.3 Å². The van der Waals surface area contributed by atoms with Crippen molar-refractivity contribution in [2.24, 2.45) is 4.99 Å². The summed E-state index contributed by atoms with van der Waals surface area (Å²) in [6, 6.07) is 4.81. The number of amides is 1. The first-order valence-electron chi connectivity index (χ1n) is 13.2. The minimum atomic E-state index is -0.779. The minimum absolute atomic E-state index is 0.0879. The van der Waals surface area contributed by atoms with E-state index in [4.69, 9.17) is 19.2 Å². The highest BCUT2D eigenvalue weighted by molar-refractivity contribution is 6.07. The SMILES string of the molecule is CCc1cc(OC)ncc1C(=NCNNCCN(C)C)N(Cc1c(F)ccc2c1CCO2)C(=O)OC(C)(C)C. The average Bonchev–Trinajstić information content (AvgIpc) is 3.36. The number of hydrogen-bond acceptors (Lipinski definition) is 9. The molecule has 1 amide bonds. The molecule has 0 aliphatic carbocycles. The van der Waals surface area contributed by atoms with E-state index in [1.54, 1.807) is 40.1 Å². The van der Waals surface area contributed by atoms with Gasteiger partial charge >= 0.3 is 6.09 Å². The van der Waals surface area contributed by atoms with Crippen LogP contribution in [0.15, 0.2) is 29.4 Å². The molecule has 2 aromatic rings. The van der Waals surface area contributed by atoms with Crippen molar-refractivity contribution in [3.63, 3.8) is 0 Å². The van der Waals surface area contributed by atoms with Gasteiger partial charge < -0.3 is 19.1 Å². The molecule has 0 fully saturated rings. The first-order valence-corrected chi connectivity index (χ1v) is 13.2. The molecule has 11 heteroatoms. The normalized spacial score (nSPS) is 13.3. The van der Waals surface area contributed by atoms with Crippen molar-refractivity contribution in [1.82, 2.24) is 25.6 Å². The molecule has 0 bridgehead atoms. The number of rotatable bonds is 11. The maximum absolute atomic E-state index is 15.2. The van der Waals surface area contributed by atoms with Crippen LogP contribution in [0.4, 0.5) is 9.18 Å². The number of amidine groups is 1. The Kier molecular flexibility index (Phi) is 10.6. The largest absolute Gasteiger partial charge is 0.493 e. The highest BCUT2D eigenvalue weighted by Crippen LogP contribution is 2.32. The highest BCUT2D eigenvalue weighted by Gasteiger charge is 2.31. The van der Waals surface area contributed by atoms with E-state index in [-0.39, 0.29) is 13.2 Å². The lowest BCUT2D eigenvalue weighted by Crippen LogP contribution is -2.43. The molecule has 1 aromatic heterocycles. The van der Waals surface area contributed by atoms with E-state index < -0.39 is 17.5 Å². The number of benzene rings is 1. The van der Waals surface area contributed by atoms with Gasteiger partial charge in [-0.2, -0.15) is 0 Å². The van der Waals surface area contributed by atoms with E-state index in [0.717, 1.165) is 17.7 Å². The number of aromatic nitrogens is 1. The smallest absolute Gasteiger partial charge is 0.416 e. The summed E-state index contributed by atoms with van der Waals surface area (Å²) in [5.74, 6) is 0.973. The Labute approximate surface area is 230 Å². The van der Waals surface area contributed by atoms with Crippen molar-refractivity contribution in [3.8, 4) is 11.6 Å². The van der Waals surface area contributed by atoms with Crippen LogP contribution in [-0.2, 0) is 24.1 Å². The van der Waals surface area contributed by atoms with Crippen molar-refractivity contribution in [3.05, 3.63) is 52.5 Å². The van der Waals surface area contributed by atoms with Crippen LogP contribution in [0.2, 0.25) is 0 Å². The maximum Gasteiger partial charge on any atom is 0.416 e. The molecule has 0 saturated heterocycles. The number of likely N-dealkylation sites (N-methyl/N-ethyl adjacent to an activating group) is 1. The van der Waals surface area contributed by atoms with Gasteiger partial charge in [0.2, 0.25) is 5.88 Å². The number of hydrogen-bond donors (Lipinski definition) is 2. The van der Waals surface area contributed by atoms with Crippen molar-refractivity contribution < 1.29 is 23.4 Å². The fourth-order valence-corrected chi connectivity index (χ4v) is 4.12. The average molecular weight is 545 g/mol. The van der Waals surface area contributed by atoms with Crippen LogP contribution in [0.1, 0.15) is 49.9 Å². The number of ether oxygens (including phenoxy) is 3. The molecule has 0 saturated carbocycles. The second-order valence-corrected chi connectivity index (χ2v) is 10.5. The van der Waals surface area contributed by atoms with E-state index in [0.29, 0.717) is 54.6 Å². The minimum Gasteiger partial charge on any atom is -0.493 e. The number of nitrogens with one attached hydrogen (secondary N) is 2. The van der Waals surface area contributed by atoms with E-state index in [2.05, 4.69) is 20.7 Å². The second kappa shape index (κ2) is 13.7. The monoisotopic (exact) mass is 544 g/mol. The summed E-state index contributed by atoms with van der Waals surface area (Å²) < 4.78 is 32.0. The lowest BCUT2D eigenvalue weighted by molar-refractivity contribution is 0.0358. The quantitative estimate of drug-likeness (QED) is 0.192. The number of halogens is 1. The van der Waals surface area contributed by atoms with Crippen LogP contribution in [0.25, 0.3) is 0 Å². The van der Waals surface area contributed by atoms with Gasteiger partial charge in [0.1, 0.15) is 29.7 Å². The van der Waals surface area contributed by atoms with Gasteiger partial charge in [-0.25, -0.2) is 19.6 Å². The number of hydrazine groups is 1. The standard InChI is InChI=1S/C28H41FN6O4/c1-8-19-15-25(37-7)30-16-21(19)26(31-18-33-32-12-13-34(5)6)35(27(36)39-28(2,3)4)17-22-20-11-14-38-24(20)10-9-23(22)29/h9-10,15-16,32-33H,8,11-14,17-18H2,1-7H3. The Bertz CT molecular complexity index is 1170. The lowest BCUT2D eigenvalue weighted by atomic mass is 10.0. The molecule has 39 heavy (non-hydrogen) atoms. The fraction of sp³-hybridized carbons (Fsp3) is 0.536. The molecular weight excluding hydrogens is 503 g/mol. The number of aryl methyl sites for hydroxylation is 1. The van der Waals surface area contributed by atoms with E-state index in [1.165, 1.54) is 11.0 Å². The van der Waals surface area contributed by atoms with Gasteiger partial charge in [0.25, 0.3) is 0 Å². The summed E-state index contributed by atoms with van der Waals surface area (Å²) in [6.07, 6.45) is 2.17. The lowest BCUT2D eigenvalue weighted by Gasteiger charge is -2.29. The van der Waals surface area contributed by atoms with Gasteiger partial charge in [0, 0.05) is 48.5 Å². The summed E-state index contributed by atoms with van der Waals surface area (Å²) in [5.41, 5.74) is 8.04. The van der Waals surface area contributed by atoms with Crippen LogP contribution in [0.3, 0.4) is 0 Å². The topological polar surface area (TPSA) is 101 Å². The molecule has 3 rings (SSSR count). The number of carbonyl (C=O) groups is 1. The molecule has 1 aliphatic rings. The molecular formula is C28H41FN6O4. The number of fused-ring (bicyclic) bond motifs is 1. The highest BCUT2D eigenvalue weighted by atomic mass is 19.1. The zero-order chi connectivity index (χ0) is 28.6. The Hall–Kier alpha value is -3.28. The molecule has 2 heterocycles. The third kappa shape index (κ3) is 8.35.